The van der Waals surface area contributed by atoms with Gasteiger partial charge in [-0.2, -0.15) is 0 Å². The van der Waals surface area contributed by atoms with Crippen molar-refractivity contribution < 1.29 is 37.1 Å². The van der Waals surface area contributed by atoms with Crippen molar-refractivity contribution in [3.8, 4) is 5.88 Å². The van der Waals surface area contributed by atoms with Crippen LogP contribution in [0.4, 0.5) is 4.79 Å². The summed E-state index contributed by atoms with van der Waals surface area (Å²) in [4.78, 5) is 60.9. The lowest BCUT2D eigenvalue weighted by atomic mass is 10.0. The van der Waals surface area contributed by atoms with Gasteiger partial charge in [-0.25, -0.2) is 18.2 Å². The van der Waals surface area contributed by atoms with E-state index in [1.54, 1.807) is 27.0 Å². The monoisotopic (exact) mass is 695 g/mol. The average molecular weight is 696 g/mol. The molecule has 264 valence electrons. The fourth-order valence-electron chi connectivity index (χ4n) is 6.64. The topological polar surface area (TPSA) is 173 Å². The van der Waals surface area contributed by atoms with Crippen molar-refractivity contribution in [1.29, 1.82) is 0 Å². The number of fused-ring (bicyclic) bond motifs is 3. The number of carbonyl (C=O) groups excluding carboxylic acids is 4. The van der Waals surface area contributed by atoms with Crippen LogP contribution < -0.4 is 20.1 Å². The van der Waals surface area contributed by atoms with E-state index in [2.05, 4.69) is 20.3 Å². The number of aromatic nitrogens is 1. The molecule has 1 saturated heterocycles. The smallest absolute Gasteiger partial charge is 0.408 e. The fraction of sp³-hybridized carbons (Fsp3) is 0.571. The Morgan fingerprint density at radius 3 is 2.59 bits per heavy atom. The van der Waals surface area contributed by atoms with Crippen LogP contribution in [0.15, 0.2) is 48.7 Å². The van der Waals surface area contributed by atoms with Crippen molar-refractivity contribution in [2.75, 3.05) is 6.54 Å². The third kappa shape index (κ3) is 8.00. The molecular weight excluding hydrogens is 650 g/mol. The average Bonchev–Trinajstić information content (AvgIpc) is 3.96. The van der Waals surface area contributed by atoms with Crippen LogP contribution in [0, 0.1) is 5.92 Å². The molecular formula is C35H45N5O8S. The Morgan fingerprint density at radius 2 is 1.84 bits per heavy atom. The molecule has 0 radical (unpaired) electrons. The number of hydrogen-bond donors (Lipinski definition) is 3. The highest BCUT2D eigenvalue weighted by Gasteiger charge is 2.62. The molecule has 3 N–H and O–H groups in total. The number of benzene rings is 1. The molecule has 3 fully saturated rings. The SMILES string of the molecule is CC(C)(C)OC(=O)N[C@H]1CCCCC/C=C\[C@@H]2C[C@@]2(C(=O)NS(=O)(=O)C2CC2)NC(=O)[C@@H]2C[C@@H](Oc3nccc4ccccc34)CN2C1=O. The fourth-order valence-corrected chi connectivity index (χ4v) is 8.00. The summed E-state index contributed by atoms with van der Waals surface area (Å²) >= 11 is 0. The highest BCUT2D eigenvalue weighted by molar-refractivity contribution is 7.91. The van der Waals surface area contributed by atoms with Gasteiger partial charge in [-0.05, 0) is 76.8 Å². The minimum Gasteiger partial charge on any atom is -0.472 e. The van der Waals surface area contributed by atoms with Gasteiger partial charge in [0.2, 0.25) is 27.7 Å². The van der Waals surface area contributed by atoms with Crippen LogP contribution in [0.2, 0.25) is 0 Å². The maximum absolute atomic E-state index is 14.3. The van der Waals surface area contributed by atoms with Gasteiger partial charge in [-0.15, -0.1) is 0 Å². The first kappa shape index (κ1) is 34.7. The highest BCUT2D eigenvalue weighted by Crippen LogP contribution is 2.46. The van der Waals surface area contributed by atoms with Gasteiger partial charge in [0.05, 0.1) is 11.8 Å². The number of amides is 4. The highest BCUT2D eigenvalue weighted by atomic mass is 32.2. The van der Waals surface area contributed by atoms with Crippen LogP contribution >= 0.6 is 0 Å². The Labute approximate surface area is 286 Å². The molecule has 1 aromatic carbocycles. The summed E-state index contributed by atoms with van der Waals surface area (Å²) in [6.07, 6.45) is 8.59. The summed E-state index contributed by atoms with van der Waals surface area (Å²) in [7, 11) is -3.87. The van der Waals surface area contributed by atoms with E-state index < -0.39 is 74.3 Å². The van der Waals surface area contributed by atoms with Crippen LogP contribution in [-0.4, -0.2) is 83.2 Å². The maximum atomic E-state index is 14.3. The van der Waals surface area contributed by atoms with Gasteiger partial charge >= 0.3 is 6.09 Å². The lowest BCUT2D eigenvalue weighted by molar-refractivity contribution is -0.141. The van der Waals surface area contributed by atoms with E-state index in [0.717, 1.165) is 23.6 Å². The number of allylic oxidation sites excluding steroid dienone is 1. The number of alkyl carbamates (subject to hydrolysis) is 1. The van der Waals surface area contributed by atoms with E-state index in [1.807, 2.05) is 42.5 Å². The van der Waals surface area contributed by atoms with Crippen LogP contribution in [0.1, 0.15) is 78.6 Å². The molecule has 0 unspecified atom stereocenters. The van der Waals surface area contributed by atoms with E-state index >= 15 is 0 Å². The normalized spacial score (nSPS) is 28.6. The van der Waals surface area contributed by atoms with Gasteiger partial charge < -0.3 is 25.0 Å². The van der Waals surface area contributed by atoms with Gasteiger partial charge in [0.1, 0.15) is 29.3 Å². The van der Waals surface area contributed by atoms with Crippen molar-refractivity contribution in [3.05, 3.63) is 48.7 Å². The van der Waals surface area contributed by atoms with Crippen molar-refractivity contribution in [2.24, 2.45) is 5.92 Å². The lowest BCUT2D eigenvalue weighted by Crippen LogP contribution is -2.58. The summed E-state index contributed by atoms with van der Waals surface area (Å²) in [5.41, 5.74) is -2.27. The second kappa shape index (κ2) is 13.6. The van der Waals surface area contributed by atoms with Crippen molar-refractivity contribution in [3.63, 3.8) is 0 Å². The number of ether oxygens (including phenoxy) is 2. The van der Waals surface area contributed by atoms with Gasteiger partial charge in [0.25, 0.3) is 5.91 Å². The lowest BCUT2D eigenvalue weighted by Gasteiger charge is -2.30. The van der Waals surface area contributed by atoms with Crippen LogP contribution in [0.5, 0.6) is 5.88 Å². The summed E-state index contributed by atoms with van der Waals surface area (Å²) in [6, 6.07) is 7.39. The molecule has 14 heteroatoms. The van der Waals surface area contributed by atoms with E-state index in [1.165, 1.54) is 4.90 Å². The molecule has 13 nitrogen and oxygen atoms in total. The van der Waals surface area contributed by atoms with Gasteiger partial charge in [-0.1, -0.05) is 43.2 Å². The Bertz CT molecular complexity index is 1750. The van der Waals surface area contributed by atoms with Crippen molar-refractivity contribution in [2.45, 2.75) is 113 Å². The summed E-state index contributed by atoms with van der Waals surface area (Å²) < 4.78 is 39.5. The third-order valence-corrected chi connectivity index (χ3v) is 11.3. The summed E-state index contributed by atoms with van der Waals surface area (Å²) in [5, 5.41) is 6.68. The van der Waals surface area contributed by atoms with E-state index in [4.69, 9.17) is 9.47 Å². The molecule has 0 spiro atoms. The number of hydrogen-bond acceptors (Lipinski definition) is 9. The number of rotatable bonds is 6. The first-order valence-electron chi connectivity index (χ1n) is 17.1. The van der Waals surface area contributed by atoms with E-state index in [9.17, 15) is 27.6 Å². The van der Waals surface area contributed by atoms with Crippen LogP contribution in [0.25, 0.3) is 10.8 Å². The minimum absolute atomic E-state index is 0.0207. The summed E-state index contributed by atoms with van der Waals surface area (Å²) in [5.74, 6) is -1.91. The molecule has 2 aromatic rings. The Morgan fingerprint density at radius 1 is 1.06 bits per heavy atom. The summed E-state index contributed by atoms with van der Waals surface area (Å²) in [6.45, 7) is 5.22. The standard InChI is InChI=1S/C35H45N5O8S/c1-34(2,3)48-33(44)37-27-14-8-6-4-5-7-12-23-20-35(23,32(43)39-49(45,46)25-15-16-25)38-29(41)28-19-24(21-40(28)31(27)42)47-30-26-13-10-9-11-22(26)17-18-36-30/h7,9-13,17-18,23-25,27-28H,4-6,8,14-16,19-21H2,1-3H3,(H,37,44)(H,38,41)(H,39,43)/b12-7-/t23-,24-,27+,28+,35-/m1/s1. The zero-order chi connectivity index (χ0) is 35.0. The number of carbonyl (C=O) groups is 4. The van der Waals surface area contributed by atoms with E-state index in [0.29, 0.717) is 38.0 Å². The molecule has 4 amide bonds. The number of nitrogens with zero attached hydrogens (tertiary/aromatic N) is 2. The zero-order valence-corrected chi connectivity index (χ0v) is 29.0. The quantitative estimate of drug-likeness (QED) is 0.383. The molecule has 1 aromatic heterocycles. The number of nitrogens with one attached hydrogen (secondary N) is 3. The molecule has 3 heterocycles. The molecule has 6 rings (SSSR count). The second-order valence-electron chi connectivity index (χ2n) is 14.5. The van der Waals surface area contributed by atoms with Gasteiger partial charge in [0, 0.05) is 23.9 Å². The minimum atomic E-state index is -3.87. The van der Waals surface area contributed by atoms with Gasteiger partial charge in [0.15, 0.2) is 0 Å². The third-order valence-electron chi connectivity index (χ3n) is 9.45. The Balaban J connectivity index is 1.30. The van der Waals surface area contributed by atoms with Crippen molar-refractivity contribution in [1.82, 2.24) is 25.2 Å². The second-order valence-corrected chi connectivity index (χ2v) is 16.5. The van der Waals surface area contributed by atoms with E-state index in [-0.39, 0.29) is 19.4 Å². The predicted octanol–water partition coefficient (Wildman–Crippen LogP) is 3.48. The molecule has 4 aliphatic rings. The number of pyridine rings is 1. The maximum Gasteiger partial charge on any atom is 0.408 e. The van der Waals surface area contributed by atoms with Gasteiger partial charge in [-0.3, -0.25) is 19.1 Å². The predicted molar refractivity (Wildman–Crippen MR) is 181 cm³/mol. The Hall–Kier alpha value is -4.20. The first-order chi connectivity index (χ1) is 23.3. The largest absolute Gasteiger partial charge is 0.472 e. The van der Waals surface area contributed by atoms with Crippen LogP contribution in [0.3, 0.4) is 0 Å². The molecule has 49 heavy (non-hydrogen) atoms. The molecule has 2 aliphatic carbocycles. The zero-order valence-electron chi connectivity index (χ0n) is 28.1. The molecule has 2 saturated carbocycles. The molecule has 5 atom stereocenters. The molecule has 0 bridgehead atoms. The molecule has 2 aliphatic heterocycles. The van der Waals surface area contributed by atoms with Crippen molar-refractivity contribution >= 4 is 44.6 Å². The number of sulfonamides is 1. The van der Waals surface area contributed by atoms with Crippen LogP contribution in [-0.2, 0) is 29.1 Å². The Kier molecular flexibility index (Phi) is 9.62. The first-order valence-corrected chi connectivity index (χ1v) is 18.7.